The van der Waals surface area contributed by atoms with Crippen molar-refractivity contribution in [3.63, 3.8) is 0 Å². The van der Waals surface area contributed by atoms with Gasteiger partial charge in [0.2, 0.25) is 0 Å². The van der Waals surface area contributed by atoms with Crippen LogP contribution in [-0.4, -0.2) is 48.7 Å². The second kappa shape index (κ2) is 8.83. The van der Waals surface area contributed by atoms with Crippen molar-refractivity contribution in [2.24, 2.45) is 0 Å². The minimum absolute atomic E-state index is 0.0459. The molecule has 1 aromatic rings. The summed E-state index contributed by atoms with van der Waals surface area (Å²) in [6, 6.07) is 2.34. The Labute approximate surface area is 131 Å². The molecule has 0 aliphatic heterocycles. The number of amides is 1. The van der Waals surface area contributed by atoms with E-state index in [0.717, 1.165) is 17.0 Å². The molecular weight excluding hydrogens is 284 g/mol. The monoisotopic (exact) mass is 308 g/mol. The van der Waals surface area contributed by atoms with Gasteiger partial charge in [0.25, 0.3) is 5.91 Å². The minimum Gasteiger partial charge on any atom is -0.395 e. The lowest BCUT2D eigenvalue weighted by molar-refractivity contribution is 0.0952. The van der Waals surface area contributed by atoms with Crippen LogP contribution in [0.15, 0.2) is 6.07 Å². The lowest BCUT2D eigenvalue weighted by Gasteiger charge is -2.20. The van der Waals surface area contributed by atoms with Crippen LogP contribution in [0, 0.1) is 18.8 Å². The smallest absolute Gasteiger partial charge is 0.261 e. The van der Waals surface area contributed by atoms with Gasteiger partial charge in [0.05, 0.1) is 16.4 Å². The molecule has 0 aromatic carbocycles. The van der Waals surface area contributed by atoms with Gasteiger partial charge in [0, 0.05) is 25.6 Å². The van der Waals surface area contributed by atoms with E-state index in [9.17, 15) is 4.79 Å². The maximum Gasteiger partial charge on any atom is 0.261 e. The number of hydrogen-bond acceptors (Lipinski definition) is 4. The summed E-state index contributed by atoms with van der Waals surface area (Å²) >= 11 is 1.40. The minimum atomic E-state index is -0.0459. The number of hydrogen-bond donors (Lipinski definition) is 2. The zero-order valence-corrected chi connectivity index (χ0v) is 14.0. The highest BCUT2D eigenvalue weighted by atomic mass is 32.1. The lowest BCUT2D eigenvalue weighted by atomic mass is 10.2. The van der Waals surface area contributed by atoms with Crippen molar-refractivity contribution < 1.29 is 9.90 Å². The molecule has 1 heterocycles. The largest absolute Gasteiger partial charge is 0.395 e. The lowest BCUT2D eigenvalue weighted by Crippen LogP contribution is -2.35. The molecule has 4 nitrogen and oxygen atoms in total. The number of rotatable bonds is 6. The van der Waals surface area contributed by atoms with Crippen molar-refractivity contribution >= 4 is 17.2 Å². The van der Waals surface area contributed by atoms with E-state index in [1.54, 1.807) is 0 Å². The number of carbonyl (C=O) groups is 1. The summed E-state index contributed by atoms with van der Waals surface area (Å²) in [5, 5.41) is 11.7. The number of likely N-dealkylation sites (N-methyl/N-ethyl adjacent to an activating group) is 1. The Morgan fingerprint density at radius 1 is 1.52 bits per heavy atom. The molecule has 1 aromatic heterocycles. The fourth-order valence-electron chi connectivity index (χ4n) is 1.61. The summed E-state index contributed by atoms with van der Waals surface area (Å²) in [6.07, 6.45) is 0.459. The van der Waals surface area contributed by atoms with E-state index in [-0.39, 0.29) is 12.5 Å². The molecule has 0 saturated carbocycles. The van der Waals surface area contributed by atoms with E-state index in [4.69, 9.17) is 5.11 Å². The predicted octanol–water partition coefficient (Wildman–Crippen LogP) is 1.86. The first-order chi connectivity index (χ1) is 9.95. The number of carbonyl (C=O) groups excluding carboxylic acids is 1. The van der Waals surface area contributed by atoms with Gasteiger partial charge >= 0.3 is 0 Å². The van der Waals surface area contributed by atoms with Crippen LogP contribution in [-0.2, 0) is 0 Å². The molecular formula is C16H24N2O2S. The Balaban J connectivity index is 2.56. The highest BCUT2D eigenvalue weighted by molar-refractivity contribution is 7.14. The summed E-state index contributed by atoms with van der Waals surface area (Å²) < 4.78 is 0. The Morgan fingerprint density at radius 3 is 2.86 bits per heavy atom. The average molecular weight is 308 g/mol. The second-order valence-electron chi connectivity index (χ2n) is 5.23. The third kappa shape index (κ3) is 5.88. The summed E-state index contributed by atoms with van der Waals surface area (Å²) in [5.41, 5.74) is 1.01. The van der Waals surface area contributed by atoms with Crippen LogP contribution in [0.5, 0.6) is 0 Å². The molecule has 116 valence electrons. The second-order valence-corrected chi connectivity index (χ2v) is 6.28. The summed E-state index contributed by atoms with van der Waals surface area (Å²) in [4.78, 5) is 15.9. The molecule has 0 radical (unpaired) electrons. The van der Waals surface area contributed by atoms with Crippen molar-refractivity contribution in [2.45, 2.75) is 33.2 Å². The molecule has 0 fully saturated rings. The topological polar surface area (TPSA) is 52.6 Å². The number of aliphatic hydroxyl groups is 1. The Morgan fingerprint density at radius 2 is 2.24 bits per heavy atom. The average Bonchev–Trinajstić information content (AvgIpc) is 2.80. The van der Waals surface area contributed by atoms with Gasteiger partial charge in [0.15, 0.2) is 0 Å². The Kier molecular flexibility index (Phi) is 7.44. The van der Waals surface area contributed by atoms with E-state index in [1.165, 1.54) is 11.3 Å². The number of aryl methyl sites for hydroxylation is 1. The van der Waals surface area contributed by atoms with Crippen molar-refractivity contribution in [3.8, 4) is 11.8 Å². The van der Waals surface area contributed by atoms with Gasteiger partial charge in [-0.05, 0) is 39.4 Å². The summed E-state index contributed by atoms with van der Waals surface area (Å²) in [7, 11) is 2.04. The first-order valence-corrected chi connectivity index (χ1v) is 7.96. The van der Waals surface area contributed by atoms with Crippen molar-refractivity contribution in [3.05, 3.63) is 21.4 Å². The quantitative estimate of drug-likeness (QED) is 0.789. The van der Waals surface area contributed by atoms with E-state index in [2.05, 4.69) is 35.9 Å². The van der Waals surface area contributed by atoms with Gasteiger partial charge in [-0.15, -0.1) is 11.3 Å². The number of nitrogens with zero attached hydrogens (tertiary/aromatic N) is 1. The standard InChI is InChI=1S/C16H24N2O2S/c1-12(2)18(4)9-8-17-16(20)15-11-13(3)14(21-15)7-5-6-10-19/h11-12,19H,6,8-10H2,1-4H3,(H,17,20). The summed E-state index contributed by atoms with van der Waals surface area (Å²) in [6.45, 7) is 7.73. The number of nitrogens with one attached hydrogen (secondary N) is 1. The molecule has 0 saturated heterocycles. The van der Waals surface area contributed by atoms with Gasteiger partial charge in [-0.3, -0.25) is 4.79 Å². The SMILES string of the molecule is Cc1cc(C(=O)NCCN(C)C(C)C)sc1C#CCCO. The fraction of sp³-hybridized carbons (Fsp3) is 0.562. The van der Waals surface area contributed by atoms with E-state index >= 15 is 0 Å². The molecule has 0 atom stereocenters. The number of aliphatic hydroxyl groups excluding tert-OH is 1. The summed E-state index contributed by atoms with van der Waals surface area (Å²) in [5.74, 6) is 5.84. The predicted molar refractivity (Wildman–Crippen MR) is 87.7 cm³/mol. The van der Waals surface area contributed by atoms with Crippen LogP contribution < -0.4 is 5.32 Å². The highest BCUT2D eigenvalue weighted by Crippen LogP contribution is 2.20. The Hall–Kier alpha value is -1.35. The number of thiophene rings is 1. The zero-order chi connectivity index (χ0) is 15.8. The highest BCUT2D eigenvalue weighted by Gasteiger charge is 2.11. The Bertz CT molecular complexity index is 526. The van der Waals surface area contributed by atoms with Gasteiger partial charge in [-0.2, -0.15) is 0 Å². The van der Waals surface area contributed by atoms with Gasteiger partial charge in [-0.1, -0.05) is 11.8 Å². The molecule has 0 aliphatic rings. The van der Waals surface area contributed by atoms with Crippen molar-refractivity contribution in [1.29, 1.82) is 0 Å². The fourth-order valence-corrected chi connectivity index (χ4v) is 2.57. The molecule has 21 heavy (non-hydrogen) atoms. The molecule has 0 spiro atoms. The van der Waals surface area contributed by atoms with Crippen LogP contribution in [0.25, 0.3) is 0 Å². The maximum atomic E-state index is 12.1. The zero-order valence-electron chi connectivity index (χ0n) is 13.2. The molecule has 0 aliphatic carbocycles. The first-order valence-electron chi connectivity index (χ1n) is 7.14. The van der Waals surface area contributed by atoms with Crippen LogP contribution in [0.1, 0.15) is 40.4 Å². The van der Waals surface area contributed by atoms with Gasteiger partial charge < -0.3 is 15.3 Å². The van der Waals surface area contributed by atoms with E-state index in [1.807, 2.05) is 20.0 Å². The maximum absolute atomic E-state index is 12.1. The molecule has 5 heteroatoms. The van der Waals surface area contributed by atoms with Crippen LogP contribution in [0.2, 0.25) is 0 Å². The molecule has 1 amide bonds. The van der Waals surface area contributed by atoms with E-state index < -0.39 is 0 Å². The van der Waals surface area contributed by atoms with Crippen LogP contribution >= 0.6 is 11.3 Å². The third-order valence-corrected chi connectivity index (χ3v) is 4.36. The van der Waals surface area contributed by atoms with Crippen LogP contribution in [0.3, 0.4) is 0 Å². The molecule has 2 N–H and O–H groups in total. The van der Waals surface area contributed by atoms with E-state index in [0.29, 0.717) is 23.9 Å². The normalized spacial score (nSPS) is 10.6. The molecule has 0 unspecified atom stereocenters. The first kappa shape index (κ1) is 17.7. The van der Waals surface area contributed by atoms with Crippen LogP contribution in [0.4, 0.5) is 0 Å². The van der Waals surface area contributed by atoms with Gasteiger partial charge in [-0.25, -0.2) is 0 Å². The third-order valence-electron chi connectivity index (χ3n) is 3.21. The molecule has 0 bridgehead atoms. The molecule has 1 rings (SSSR count). The van der Waals surface area contributed by atoms with Crippen molar-refractivity contribution in [1.82, 2.24) is 10.2 Å². The van der Waals surface area contributed by atoms with Gasteiger partial charge in [0.1, 0.15) is 0 Å². The van der Waals surface area contributed by atoms with Crippen molar-refractivity contribution in [2.75, 3.05) is 26.7 Å².